The van der Waals surface area contributed by atoms with Crippen LogP contribution in [-0.2, 0) is 0 Å². The van der Waals surface area contributed by atoms with Gasteiger partial charge < -0.3 is 15.8 Å². The Morgan fingerprint density at radius 1 is 1.32 bits per heavy atom. The SMILES string of the molecule is CCCOc1nc(N)nc(NC(C)CCSCC)n1. The molecule has 0 amide bonds. The monoisotopic (exact) mass is 285 g/mol. The average Bonchev–Trinajstić information content (AvgIpc) is 2.36. The topological polar surface area (TPSA) is 86.0 Å². The average molecular weight is 285 g/mol. The van der Waals surface area contributed by atoms with Crippen molar-refractivity contribution in [2.45, 2.75) is 39.7 Å². The molecule has 0 aromatic carbocycles. The first-order chi connectivity index (χ1) is 9.15. The van der Waals surface area contributed by atoms with Crippen molar-refractivity contribution >= 4 is 23.7 Å². The molecule has 19 heavy (non-hydrogen) atoms. The minimum Gasteiger partial charge on any atom is -0.463 e. The van der Waals surface area contributed by atoms with Crippen molar-refractivity contribution in [2.24, 2.45) is 0 Å². The maximum atomic E-state index is 5.64. The van der Waals surface area contributed by atoms with E-state index < -0.39 is 0 Å². The Balaban J connectivity index is 2.54. The van der Waals surface area contributed by atoms with Crippen LogP contribution in [0, 0.1) is 0 Å². The molecule has 108 valence electrons. The minimum absolute atomic E-state index is 0.179. The van der Waals surface area contributed by atoms with Gasteiger partial charge in [-0.15, -0.1) is 0 Å². The fourth-order valence-electron chi connectivity index (χ4n) is 1.39. The second kappa shape index (κ2) is 8.79. The van der Waals surface area contributed by atoms with E-state index in [-0.39, 0.29) is 12.0 Å². The molecule has 1 unspecified atom stereocenters. The summed E-state index contributed by atoms with van der Waals surface area (Å²) in [7, 11) is 0. The molecular formula is C12H23N5OS. The van der Waals surface area contributed by atoms with E-state index in [4.69, 9.17) is 10.5 Å². The first-order valence-corrected chi connectivity index (χ1v) is 7.79. The number of hydrogen-bond acceptors (Lipinski definition) is 7. The number of anilines is 2. The molecule has 1 aromatic rings. The zero-order valence-electron chi connectivity index (χ0n) is 11.8. The molecule has 1 rings (SSSR count). The molecule has 0 spiro atoms. The van der Waals surface area contributed by atoms with E-state index in [1.165, 1.54) is 0 Å². The smallest absolute Gasteiger partial charge is 0.323 e. The molecule has 1 aromatic heterocycles. The van der Waals surface area contributed by atoms with Gasteiger partial charge in [-0.05, 0) is 31.3 Å². The molecule has 7 heteroatoms. The van der Waals surface area contributed by atoms with Crippen LogP contribution in [0.2, 0.25) is 0 Å². The Labute approximate surface area is 119 Å². The molecule has 0 bridgehead atoms. The van der Waals surface area contributed by atoms with Crippen LogP contribution in [0.15, 0.2) is 0 Å². The number of nitrogens with two attached hydrogens (primary N) is 1. The second-order valence-corrected chi connectivity index (χ2v) is 5.57. The molecule has 0 saturated carbocycles. The summed E-state index contributed by atoms with van der Waals surface area (Å²) in [6, 6.07) is 0.576. The number of hydrogen-bond donors (Lipinski definition) is 2. The van der Waals surface area contributed by atoms with Gasteiger partial charge in [-0.25, -0.2) is 0 Å². The highest BCUT2D eigenvalue weighted by Crippen LogP contribution is 2.12. The minimum atomic E-state index is 0.179. The van der Waals surface area contributed by atoms with Gasteiger partial charge in [0.25, 0.3) is 0 Å². The van der Waals surface area contributed by atoms with Crippen molar-refractivity contribution in [2.75, 3.05) is 29.2 Å². The van der Waals surface area contributed by atoms with E-state index in [9.17, 15) is 0 Å². The van der Waals surface area contributed by atoms with E-state index >= 15 is 0 Å². The molecule has 0 aliphatic rings. The lowest BCUT2D eigenvalue weighted by Crippen LogP contribution is -2.19. The standard InChI is InChI=1S/C12H23N5OS/c1-4-7-18-12-16-10(13)15-11(17-12)14-9(3)6-8-19-5-2/h9H,4-8H2,1-3H3,(H3,13,14,15,16,17). The number of rotatable bonds is 9. The summed E-state index contributed by atoms with van der Waals surface area (Å²) in [4.78, 5) is 12.2. The van der Waals surface area contributed by atoms with Crippen LogP contribution in [-0.4, -0.2) is 39.1 Å². The van der Waals surface area contributed by atoms with Gasteiger partial charge in [-0.1, -0.05) is 13.8 Å². The number of nitrogens with zero attached hydrogens (tertiary/aromatic N) is 3. The largest absolute Gasteiger partial charge is 0.463 e. The number of nitrogens with one attached hydrogen (secondary N) is 1. The van der Waals surface area contributed by atoms with Crippen LogP contribution < -0.4 is 15.8 Å². The van der Waals surface area contributed by atoms with E-state index in [0.29, 0.717) is 18.6 Å². The zero-order chi connectivity index (χ0) is 14.1. The molecular weight excluding hydrogens is 262 g/mol. The first kappa shape index (κ1) is 15.8. The maximum Gasteiger partial charge on any atom is 0.323 e. The predicted octanol–water partition coefficient (Wildman–Crippen LogP) is 2.19. The zero-order valence-corrected chi connectivity index (χ0v) is 12.7. The van der Waals surface area contributed by atoms with Gasteiger partial charge in [-0.3, -0.25) is 0 Å². The van der Waals surface area contributed by atoms with Crippen molar-refractivity contribution in [1.82, 2.24) is 15.0 Å². The quantitative estimate of drug-likeness (QED) is 0.672. The Kier molecular flexibility index (Phi) is 7.32. The normalized spacial score (nSPS) is 12.2. The van der Waals surface area contributed by atoms with Crippen LogP contribution in [0.3, 0.4) is 0 Å². The molecule has 0 aliphatic carbocycles. The van der Waals surface area contributed by atoms with E-state index in [0.717, 1.165) is 24.3 Å². The third kappa shape index (κ3) is 6.47. The van der Waals surface area contributed by atoms with Crippen molar-refractivity contribution < 1.29 is 4.74 Å². The molecule has 0 radical (unpaired) electrons. The molecule has 6 nitrogen and oxygen atoms in total. The van der Waals surface area contributed by atoms with Crippen LogP contribution in [0.25, 0.3) is 0 Å². The van der Waals surface area contributed by atoms with Gasteiger partial charge in [0.05, 0.1) is 6.61 Å². The molecule has 0 saturated heterocycles. The van der Waals surface area contributed by atoms with Crippen molar-refractivity contribution in [3.05, 3.63) is 0 Å². The lowest BCUT2D eigenvalue weighted by Gasteiger charge is -2.14. The molecule has 0 fully saturated rings. The highest BCUT2D eigenvalue weighted by atomic mass is 32.2. The third-order valence-electron chi connectivity index (χ3n) is 2.34. The summed E-state index contributed by atoms with van der Waals surface area (Å²) >= 11 is 1.92. The van der Waals surface area contributed by atoms with Crippen LogP contribution in [0.4, 0.5) is 11.9 Å². The molecule has 1 atom stereocenters. The summed E-state index contributed by atoms with van der Waals surface area (Å²) in [6.45, 7) is 6.86. The van der Waals surface area contributed by atoms with Crippen LogP contribution in [0.1, 0.15) is 33.6 Å². The van der Waals surface area contributed by atoms with E-state index in [1.54, 1.807) is 0 Å². The molecule has 0 aliphatic heterocycles. The Morgan fingerprint density at radius 2 is 2.11 bits per heavy atom. The summed E-state index contributed by atoms with van der Waals surface area (Å²) in [5.41, 5.74) is 5.64. The summed E-state index contributed by atoms with van der Waals surface area (Å²) in [5, 5.41) is 3.22. The Hall–Kier alpha value is -1.24. The highest BCUT2D eigenvalue weighted by Gasteiger charge is 2.08. The van der Waals surface area contributed by atoms with Gasteiger partial charge in [0.2, 0.25) is 11.9 Å². The fourth-order valence-corrected chi connectivity index (χ4v) is 2.20. The highest BCUT2D eigenvalue weighted by molar-refractivity contribution is 7.99. The Bertz CT molecular complexity index is 377. The first-order valence-electron chi connectivity index (χ1n) is 6.64. The number of thioether (sulfide) groups is 1. The van der Waals surface area contributed by atoms with Gasteiger partial charge in [-0.2, -0.15) is 26.7 Å². The van der Waals surface area contributed by atoms with Crippen molar-refractivity contribution in [3.8, 4) is 6.01 Å². The van der Waals surface area contributed by atoms with Crippen molar-refractivity contribution in [3.63, 3.8) is 0 Å². The summed E-state index contributed by atoms with van der Waals surface area (Å²) < 4.78 is 5.37. The summed E-state index contributed by atoms with van der Waals surface area (Å²) in [5.74, 6) is 2.91. The number of aromatic nitrogens is 3. The predicted molar refractivity (Wildman–Crippen MR) is 80.7 cm³/mol. The number of nitrogen functional groups attached to an aromatic ring is 1. The van der Waals surface area contributed by atoms with E-state index in [1.807, 2.05) is 18.7 Å². The fraction of sp³-hybridized carbons (Fsp3) is 0.750. The lowest BCUT2D eigenvalue weighted by atomic mass is 10.3. The van der Waals surface area contributed by atoms with E-state index in [2.05, 4.69) is 34.1 Å². The molecule has 1 heterocycles. The third-order valence-corrected chi connectivity index (χ3v) is 3.27. The summed E-state index contributed by atoms with van der Waals surface area (Å²) in [6.07, 6.45) is 1.95. The van der Waals surface area contributed by atoms with Crippen molar-refractivity contribution in [1.29, 1.82) is 0 Å². The van der Waals surface area contributed by atoms with Crippen LogP contribution >= 0.6 is 11.8 Å². The molecule has 3 N–H and O–H groups in total. The van der Waals surface area contributed by atoms with Gasteiger partial charge >= 0.3 is 6.01 Å². The van der Waals surface area contributed by atoms with Gasteiger partial charge in [0.15, 0.2) is 0 Å². The maximum absolute atomic E-state index is 5.64. The Morgan fingerprint density at radius 3 is 2.79 bits per heavy atom. The van der Waals surface area contributed by atoms with Gasteiger partial charge in [0, 0.05) is 6.04 Å². The second-order valence-electron chi connectivity index (χ2n) is 4.18. The number of ether oxygens (including phenoxy) is 1. The van der Waals surface area contributed by atoms with Gasteiger partial charge in [0.1, 0.15) is 0 Å². The lowest BCUT2D eigenvalue weighted by molar-refractivity contribution is 0.292. The van der Waals surface area contributed by atoms with Crippen LogP contribution in [0.5, 0.6) is 6.01 Å².